The number of nitrogens with one attached hydrogen (secondary N) is 1. The fraction of sp³-hybridized carbons (Fsp3) is 0.227. The van der Waals surface area contributed by atoms with Gasteiger partial charge < -0.3 is 19.7 Å². The van der Waals surface area contributed by atoms with Crippen LogP contribution in [-0.4, -0.2) is 46.1 Å². The average Bonchev–Trinajstić information content (AvgIpc) is 3.30. The van der Waals surface area contributed by atoms with Crippen LogP contribution in [0.4, 0.5) is 5.69 Å². The van der Waals surface area contributed by atoms with Crippen LogP contribution in [0.1, 0.15) is 12.0 Å². The highest BCUT2D eigenvalue weighted by Gasteiger charge is 2.42. The quantitative estimate of drug-likeness (QED) is 0.506. The number of fused-ring (bicyclic) bond motifs is 1. The Bertz CT molecular complexity index is 1040. The van der Waals surface area contributed by atoms with E-state index in [0.29, 0.717) is 33.9 Å². The summed E-state index contributed by atoms with van der Waals surface area (Å²) in [6, 6.07) is 11.6. The van der Waals surface area contributed by atoms with E-state index in [4.69, 9.17) is 33.3 Å². The predicted octanol–water partition coefficient (Wildman–Crippen LogP) is 3.58. The highest BCUT2D eigenvalue weighted by atomic mass is 35.5. The van der Waals surface area contributed by atoms with Gasteiger partial charge in [-0.2, -0.15) is 0 Å². The monoisotopic (exact) mass is 457 g/mol. The topological polar surface area (TPSA) is 71.1 Å². The lowest BCUT2D eigenvalue weighted by molar-refractivity contribution is -0.130. The van der Waals surface area contributed by atoms with Gasteiger partial charge in [0, 0.05) is 23.8 Å². The molecule has 2 aliphatic heterocycles. The van der Waals surface area contributed by atoms with Crippen LogP contribution in [0.15, 0.2) is 55.1 Å². The Balaban J connectivity index is 1.52. The Morgan fingerprint density at radius 1 is 1.23 bits per heavy atom. The number of rotatable bonds is 7. The standard InChI is InChI=1S/C22H20ClN3O4S/c1-2-9-25-21(28)17(11-20(27)24-16-6-4-15(23)5-7-16)26(22(25)31)12-14-3-8-18-19(10-14)30-13-29-18/h2-8,10,17H,1,9,11-13H2,(H,24,27)/t17-/m1/s1. The number of benzene rings is 2. The Kier molecular flexibility index (Phi) is 6.11. The molecule has 1 saturated heterocycles. The first-order valence-electron chi connectivity index (χ1n) is 9.63. The van der Waals surface area contributed by atoms with E-state index in [1.807, 2.05) is 18.2 Å². The number of anilines is 1. The number of hydrogen-bond acceptors (Lipinski definition) is 5. The van der Waals surface area contributed by atoms with Crippen molar-refractivity contribution in [2.45, 2.75) is 19.0 Å². The van der Waals surface area contributed by atoms with Gasteiger partial charge in [-0.15, -0.1) is 6.58 Å². The number of amides is 2. The van der Waals surface area contributed by atoms with Crippen LogP contribution in [0.5, 0.6) is 11.5 Å². The molecule has 0 radical (unpaired) electrons. The first kappa shape index (κ1) is 21.1. The summed E-state index contributed by atoms with van der Waals surface area (Å²) in [5, 5.41) is 3.74. The Hall–Kier alpha value is -3.10. The number of carbonyl (C=O) groups is 2. The molecule has 1 fully saturated rings. The summed E-state index contributed by atoms with van der Waals surface area (Å²) >= 11 is 11.4. The van der Waals surface area contributed by atoms with Crippen LogP contribution >= 0.6 is 23.8 Å². The summed E-state index contributed by atoms with van der Waals surface area (Å²) in [5.41, 5.74) is 1.50. The molecule has 1 atom stereocenters. The summed E-state index contributed by atoms with van der Waals surface area (Å²) in [6.45, 7) is 4.52. The lowest BCUT2D eigenvalue weighted by atomic mass is 10.1. The molecule has 0 aliphatic carbocycles. The van der Waals surface area contributed by atoms with Crippen molar-refractivity contribution in [1.29, 1.82) is 0 Å². The highest BCUT2D eigenvalue weighted by molar-refractivity contribution is 7.80. The molecule has 4 rings (SSSR count). The van der Waals surface area contributed by atoms with Crippen molar-refractivity contribution in [3.8, 4) is 11.5 Å². The summed E-state index contributed by atoms with van der Waals surface area (Å²) in [4.78, 5) is 28.9. The first-order valence-corrected chi connectivity index (χ1v) is 10.4. The first-order chi connectivity index (χ1) is 15.0. The smallest absolute Gasteiger partial charge is 0.252 e. The van der Waals surface area contributed by atoms with Crippen molar-refractivity contribution in [1.82, 2.24) is 9.80 Å². The van der Waals surface area contributed by atoms with Crippen LogP contribution < -0.4 is 14.8 Å². The van der Waals surface area contributed by atoms with E-state index >= 15 is 0 Å². The van der Waals surface area contributed by atoms with Gasteiger partial charge >= 0.3 is 0 Å². The van der Waals surface area contributed by atoms with Gasteiger partial charge in [-0.25, -0.2) is 0 Å². The number of nitrogens with zero attached hydrogens (tertiary/aromatic N) is 2. The SMILES string of the molecule is C=CCN1C(=O)[C@@H](CC(=O)Nc2ccc(Cl)cc2)N(Cc2ccc3c(c2)OCO3)C1=S. The second kappa shape index (κ2) is 8.95. The second-order valence-corrected chi connectivity index (χ2v) is 7.91. The minimum atomic E-state index is -0.717. The maximum atomic E-state index is 13.0. The normalized spacial score (nSPS) is 17.3. The van der Waals surface area contributed by atoms with E-state index in [1.165, 1.54) is 4.90 Å². The average molecular weight is 458 g/mol. The number of halogens is 1. The van der Waals surface area contributed by atoms with E-state index in [9.17, 15) is 9.59 Å². The Labute approximate surface area is 190 Å². The van der Waals surface area contributed by atoms with Gasteiger partial charge in [0.2, 0.25) is 12.7 Å². The molecule has 160 valence electrons. The summed E-state index contributed by atoms with van der Waals surface area (Å²) in [6.07, 6.45) is 1.57. The molecule has 2 aliphatic rings. The molecule has 2 heterocycles. The van der Waals surface area contributed by atoms with Gasteiger partial charge in [0.25, 0.3) is 5.91 Å². The van der Waals surface area contributed by atoms with Crippen molar-refractivity contribution in [3.05, 3.63) is 65.7 Å². The van der Waals surface area contributed by atoms with Crippen molar-refractivity contribution < 1.29 is 19.1 Å². The molecule has 0 spiro atoms. The predicted molar refractivity (Wildman–Crippen MR) is 121 cm³/mol. The van der Waals surface area contributed by atoms with Crippen LogP contribution in [-0.2, 0) is 16.1 Å². The molecule has 1 N–H and O–H groups in total. The second-order valence-electron chi connectivity index (χ2n) is 7.11. The van der Waals surface area contributed by atoms with E-state index in [-0.39, 0.29) is 31.6 Å². The molecule has 0 bridgehead atoms. The molecule has 0 aromatic heterocycles. The highest BCUT2D eigenvalue weighted by Crippen LogP contribution is 2.34. The third-order valence-corrected chi connectivity index (χ3v) is 5.72. The van der Waals surface area contributed by atoms with Crippen molar-refractivity contribution in [2.24, 2.45) is 0 Å². The fourth-order valence-electron chi connectivity index (χ4n) is 3.53. The molecule has 31 heavy (non-hydrogen) atoms. The van der Waals surface area contributed by atoms with E-state index in [2.05, 4.69) is 11.9 Å². The van der Waals surface area contributed by atoms with Crippen molar-refractivity contribution in [2.75, 3.05) is 18.7 Å². The molecule has 9 heteroatoms. The van der Waals surface area contributed by atoms with Crippen LogP contribution in [0.25, 0.3) is 0 Å². The number of thiocarbonyl (C=S) groups is 1. The Morgan fingerprint density at radius 3 is 2.71 bits per heavy atom. The molecular formula is C22H20ClN3O4S. The minimum absolute atomic E-state index is 0.0419. The van der Waals surface area contributed by atoms with Gasteiger partial charge in [0.15, 0.2) is 16.6 Å². The number of hydrogen-bond donors (Lipinski definition) is 1. The van der Waals surface area contributed by atoms with Crippen LogP contribution in [0, 0.1) is 0 Å². The molecule has 2 aromatic rings. The zero-order chi connectivity index (χ0) is 22.0. The van der Waals surface area contributed by atoms with Gasteiger partial charge in [0.05, 0.1) is 6.42 Å². The third kappa shape index (κ3) is 4.50. The summed E-state index contributed by atoms with van der Waals surface area (Å²) in [5.74, 6) is 0.807. The van der Waals surface area contributed by atoms with Gasteiger partial charge in [-0.05, 0) is 54.2 Å². The number of carbonyl (C=O) groups excluding carboxylic acids is 2. The van der Waals surface area contributed by atoms with Crippen molar-refractivity contribution >= 4 is 46.4 Å². The maximum absolute atomic E-state index is 13.0. The van der Waals surface area contributed by atoms with Gasteiger partial charge in [-0.1, -0.05) is 23.7 Å². The molecular weight excluding hydrogens is 438 g/mol. The van der Waals surface area contributed by atoms with Crippen LogP contribution in [0.2, 0.25) is 5.02 Å². The fourth-order valence-corrected chi connectivity index (χ4v) is 4.01. The minimum Gasteiger partial charge on any atom is -0.454 e. The molecule has 0 saturated carbocycles. The summed E-state index contributed by atoms with van der Waals surface area (Å²) in [7, 11) is 0. The molecule has 7 nitrogen and oxygen atoms in total. The lowest BCUT2D eigenvalue weighted by Crippen LogP contribution is -2.37. The van der Waals surface area contributed by atoms with Crippen molar-refractivity contribution in [3.63, 3.8) is 0 Å². The van der Waals surface area contributed by atoms with Gasteiger partial charge in [0.1, 0.15) is 6.04 Å². The largest absolute Gasteiger partial charge is 0.454 e. The lowest BCUT2D eigenvalue weighted by Gasteiger charge is -2.24. The van der Waals surface area contributed by atoms with Crippen LogP contribution in [0.3, 0.4) is 0 Å². The van der Waals surface area contributed by atoms with Gasteiger partial charge in [-0.3, -0.25) is 14.5 Å². The maximum Gasteiger partial charge on any atom is 0.252 e. The van der Waals surface area contributed by atoms with E-state index in [1.54, 1.807) is 35.2 Å². The zero-order valence-corrected chi connectivity index (χ0v) is 18.1. The Morgan fingerprint density at radius 2 is 1.97 bits per heavy atom. The summed E-state index contributed by atoms with van der Waals surface area (Å²) < 4.78 is 10.8. The van der Waals surface area contributed by atoms with E-state index in [0.717, 1.165) is 5.56 Å². The zero-order valence-electron chi connectivity index (χ0n) is 16.5. The molecule has 2 aromatic carbocycles. The third-order valence-electron chi connectivity index (χ3n) is 5.01. The number of ether oxygens (including phenoxy) is 2. The van der Waals surface area contributed by atoms with E-state index < -0.39 is 6.04 Å². The molecule has 0 unspecified atom stereocenters. The molecule has 2 amide bonds.